The van der Waals surface area contributed by atoms with Gasteiger partial charge in [0.15, 0.2) is 0 Å². The SMILES string of the molecule is C1=P(c2ccccc2)(c2ccccc2)CCC[P+]1(c1ccccc1)c1ccccc1. The van der Waals surface area contributed by atoms with Crippen LogP contribution in [0, 0.1) is 0 Å². The van der Waals surface area contributed by atoms with Crippen molar-refractivity contribution in [1.29, 1.82) is 0 Å². The van der Waals surface area contributed by atoms with E-state index in [4.69, 9.17) is 0 Å². The number of hydrogen-bond acceptors (Lipinski definition) is 0. The lowest BCUT2D eigenvalue weighted by Gasteiger charge is -2.36. The Morgan fingerprint density at radius 1 is 0.500 bits per heavy atom. The van der Waals surface area contributed by atoms with E-state index in [1.807, 2.05) is 0 Å². The molecule has 0 radical (unpaired) electrons. The summed E-state index contributed by atoms with van der Waals surface area (Å²) in [6, 6.07) is 45.3. The lowest BCUT2D eigenvalue weighted by atomic mass is 10.4. The van der Waals surface area contributed by atoms with Crippen molar-refractivity contribution >= 4 is 40.9 Å². The third-order valence-corrected chi connectivity index (χ3v) is 16.4. The van der Waals surface area contributed by atoms with E-state index in [9.17, 15) is 0 Å². The van der Waals surface area contributed by atoms with Crippen LogP contribution in [-0.2, 0) is 0 Å². The van der Waals surface area contributed by atoms with Crippen LogP contribution in [0.4, 0.5) is 0 Å². The molecule has 5 rings (SSSR count). The molecule has 148 valence electrons. The molecular formula is C28H27P2+. The average molecular weight is 425 g/mol. The third-order valence-electron chi connectivity index (χ3n) is 6.28. The van der Waals surface area contributed by atoms with E-state index in [2.05, 4.69) is 127 Å². The lowest BCUT2D eigenvalue weighted by molar-refractivity contribution is 1.10. The molecule has 0 aliphatic carbocycles. The minimum Gasteiger partial charge on any atom is -0.0622 e. The van der Waals surface area contributed by atoms with Crippen LogP contribution in [0.25, 0.3) is 0 Å². The van der Waals surface area contributed by atoms with Crippen molar-refractivity contribution in [3.05, 3.63) is 121 Å². The highest BCUT2D eigenvalue weighted by Gasteiger charge is 2.46. The molecule has 0 spiro atoms. The fourth-order valence-corrected chi connectivity index (χ4v) is 16.6. The van der Waals surface area contributed by atoms with Gasteiger partial charge in [0.05, 0.1) is 11.7 Å². The normalized spacial score (nSPS) is 17.1. The van der Waals surface area contributed by atoms with Gasteiger partial charge < -0.3 is 0 Å². The maximum absolute atomic E-state index is 2.89. The minimum absolute atomic E-state index is 1.27. The van der Waals surface area contributed by atoms with Gasteiger partial charge in [0.1, 0.15) is 17.9 Å². The maximum Gasteiger partial charge on any atom is 0.105 e. The van der Waals surface area contributed by atoms with Crippen molar-refractivity contribution in [2.45, 2.75) is 6.42 Å². The zero-order valence-electron chi connectivity index (χ0n) is 17.1. The zero-order chi connectivity index (χ0) is 20.3. The summed E-state index contributed by atoms with van der Waals surface area (Å²) >= 11 is 0. The Morgan fingerprint density at radius 2 is 0.900 bits per heavy atom. The van der Waals surface area contributed by atoms with Crippen molar-refractivity contribution in [3.8, 4) is 0 Å². The molecular weight excluding hydrogens is 398 g/mol. The zero-order valence-corrected chi connectivity index (χ0v) is 18.9. The number of rotatable bonds is 4. The highest BCUT2D eigenvalue weighted by Crippen LogP contribution is 2.65. The van der Waals surface area contributed by atoms with Gasteiger partial charge in [0.25, 0.3) is 0 Å². The van der Waals surface area contributed by atoms with Crippen LogP contribution in [0.5, 0.6) is 0 Å². The smallest absolute Gasteiger partial charge is 0.0622 e. The first-order chi connectivity index (χ1) is 14.8. The van der Waals surface area contributed by atoms with Crippen LogP contribution in [0.15, 0.2) is 121 Å². The molecule has 0 unspecified atom stereocenters. The molecule has 4 aromatic rings. The standard InChI is InChI=1S/C28H27P2/c1-5-14-25(15-6-1)29(26-16-7-2-8-17-26)22-13-23-30(24-29,27-18-9-3-10-19-27)28-20-11-4-12-21-28/h1-12,14-21,24H,13,22-23H2/q+1. The topological polar surface area (TPSA) is 0 Å². The Hall–Kier alpha value is -2.39. The largest absolute Gasteiger partial charge is 0.105 e. The molecule has 4 aromatic carbocycles. The molecule has 0 saturated heterocycles. The predicted molar refractivity (Wildman–Crippen MR) is 139 cm³/mol. The first-order valence-corrected chi connectivity index (χ1v) is 14.8. The molecule has 1 aliphatic heterocycles. The summed E-state index contributed by atoms with van der Waals surface area (Å²) in [6.45, 7) is -1.62. The van der Waals surface area contributed by atoms with E-state index in [1.54, 1.807) is 0 Å². The van der Waals surface area contributed by atoms with Crippen molar-refractivity contribution in [2.75, 3.05) is 12.3 Å². The van der Waals surface area contributed by atoms with Crippen LogP contribution in [0.2, 0.25) is 0 Å². The van der Waals surface area contributed by atoms with Crippen molar-refractivity contribution in [3.63, 3.8) is 0 Å². The van der Waals surface area contributed by atoms with E-state index in [0.717, 1.165) is 0 Å². The van der Waals surface area contributed by atoms with Gasteiger partial charge in [-0.3, -0.25) is 0 Å². The van der Waals surface area contributed by atoms with Crippen molar-refractivity contribution < 1.29 is 0 Å². The highest BCUT2D eigenvalue weighted by molar-refractivity contribution is 8.13. The van der Waals surface area contributed by atoms with Gasteiger partial charge in [0.2, 0.25) is 0 Å². The monoisotopic (exact) mass is 425 g/mol. The fraction of sp³-hybridized carbons (Fsp3) is 0.107. The summed E-state index contributed by atoms with van der Waals surface area (Å²) in [5.41, 5.74) is 2.89. The van der Waals surface area contributed by atoms with Gasteiger partial charge >= 0.3 is 0 Å². The van der Waals surface area contributed by atoms with Crippen molar-refractivity contribution in [1.82, 2.24) is 0 Å². The highest BCUT2D eigenvalue weighted by atomic mass is 31.2. The molecule has 1 heterocycles. The van der Waals surface area contributed by atoms with Crippen LogP contribution in [-0.4, -0.2) is 17.9 Å². The molecule has 30 heavy (non-hydrogen) atoms. The van der Waals surface area contributed by atoms with Crippen LogP contribution in [0.1, 0.15) is 6.42 Å². The molecule has 0 bridgehead atoms. The van der Waals surface area contributed by atoms with Gasteiger partial charge in [-0.1, -0.05) is 97.1 Å². The molecule has 0 fully saturated rings. The molecule has 0 amide bonds. The molecule has 2 heteroatoms. The quantitative estimate of drug-likeness (QED) is 0.380. The van der Waals surface area contributed by atoms with E-state index >= 15 is 0 Å². The Kier molecular flexibility index (Phi) is 5.47. The van der Waals surface area contributed by atoms with Gasteiger partial charge in [-0.15, -0.1) is 0 Å². The van der Waals surface area contributed by atoms with Crippen molar-refractivity contribution in [2.24, 2.45) is 0 Å². The second kappa shape index (κ2) is 8.39. The molecule has 0 aromatic heterocycles. The average Bonchev–Trinajstić information content (AvgIpc) is 2.86. The summed E-state index contributed by atoms with van der Waals surface area (Å²) in [5.74, 6) is 0. The summed E-state index contributed by atoms with van der Waals surface area (Å²) in [5, 5.41) is 6.08. The molecule has 1 aliphatic rings. The van der Waals surface area contributed by atoms with Crippen LogP contribution < -0.4 is 21.2 Å². The van der Waals surface area contributed by atoms with Crippen LogP contribution >= 0.6 is 14.1 Å². The summed E-state index contributed by atoms with van der Waals surface area (Å²) in [4.78, 5) is 0. The van der Waals surface area contributed by atoms with E-state index in [0.29, 0.717) is 0 Å². The summed E-state index contributed by atoms with van der Waals surface area (Å²) in [6.07, 6.45) is 3.80. The number of benzene rings is 4. The second-order valence-corrected chi connectivity index (χ2v) is 15.4. The molecule has 0 nitrogen and oxygen atoms in total. The summed E-state index contributed by atoms with van der Waals surface area (Å²) < 4.78 is 0. The first kappa shape index (κ1) is 19.6. The first-order valence-electron chi connectivity index (χ1n) is 10.7. The third kappa shape index (κ3) is 3.39. The fourth-order valence-electron chi connectivity index (χ4n) is 4.88. The maximum atomic E-state index is 2.89. The molecule has 0 N–H and O–H groups in total. The second-order valence-electron chi connectivity index (χ2n) is 8.00. The van der Waals surface area contributed by atoms with E-state index in [1.165, 1.54) is 40.0 Å². The minimum atomic E-state index is -1.62. The lowest BCUT2D eigenvalue weighted by Crippen LogP contribution is -2.33. The summed E-state index contributed by atoms with van der Waals surface area (Å²) in [7, 11) is -1.62. The number of hydrogen-bond donors (Lipinski definition) is 0. The molecule has 0 atom stereocenters. The Balaban J connectivity index is 1.87. The predicted octanol–water partition coefficient (Wildman–Crippen LogP) is 5.49. The Labute approximate surface area is 180 Å². The molecule has 0 saturated carbocycles. The Bertz CT molecular complexity index is 1070. The van der Waals surface area contributed by atoms with E-state index < -0.39 is 14.1 Å². The van der Waals surface area contributed by atoms with E-state index in [-0.39, 0.29) is 0 Å². The van der Waals surface area contributed by atoms with Crippen LogP contribution in [0.3, 0.4) is 0 Å². The van der Waals surface area contributed by atoms with Gasteiger partial charge in [-0.2, -0.15) is 0 Å². The Morgan fingerprint density at radius 3 is 1.33 bits per heavy atom. The van der Waals surface area contributed by atoms with Gasteiger partial charge in [0, 0.05) is 0 Å². The van der Waals surface area contributed by atoms with Gasteiger partial charge in [-0.05, 0) is 54.3 Å². The van der Waals surface area contributed by atoms with Gasteiger partial charge in [-0.25, -0.2) is 0 Å².